The number of carbonyl (C=O) groups excluding carboxylic acids is 2. The number of anilines is 1. The molecule has 0 saturated carbocycles. The standard InChI is InChI=1S/C27H33N3O5/c1-28(2)21-9-5-19(6-10-21)24-23(25(31)20-7-11-22(34-3)12-8-20)26(32)27(33)30(24)14-4-13-29-15-17-35-18-16-29/h5-12,24,31H,4,13-18H2,1-3H3/b25-23+. The van der Waals surface area contributed by atoms with Crippen molar-refractivity contribution in [2.75, 3.05) is 65.5 Å². The smallest absolute Gasteiger partial charge is 0.295 e. The molecule has 4 rings (SSSR count). The van der Waals surface area contributed by atoms with Crippen LogP contribution in [0.5, 0.6) is 5.75 Å². The van der Waals surface area contributed by atoms with Gasteiger partial charge >= 0.3 is 0 Å². The first kappa shape index (κ1) is 24.8. The van der Waals surface area contributed by atoms with Crippen molar-refractivity contribution < 1.29 is 24.2 Å². The predicted molar refractivity (Wildman–Crippen MR) is 135 cm³/mol. The second-order valence-corrected chi connectivity index (χ2v) is 9.01. The molecule has 0 bridgehead atoms. The van der Waals surface area contributed by atoms with Crippen LogP contribution in [0.15, 0.2) is 54.1 Å². The summed E-state index contributed by atoms with van der Waals surface area (Å²) in [5.74, 6) is -0.778. The summed E-state index contributed by atoms with van der Waals surface area (Å²) in [6.07, 6.45) is 0.724. The van der Waals surface area contributed by atoms with E-state index in [1.165, 1.54) is 0 Å². The number of ketones is 1. The molecule has 186 valence electrons. The minimum absolute atomic E-state index is 0.115. The lowest BCUT2D eigenvalue weighted by molar-refractivity contribution is -0.140. The fraction of sp³-hybridized carbons (Fsp3) is 0.407. The minimum Gasteiger partial charge on any atom is -0.507 e. The van der Waals surface area contributed by atoms with Crippen molar-refractivity contribution in [3.63, 3.8) is 0 Å². The molecule has 2 aromatic carbocycles. The molecule has 1 N–H and O–H groups in total. The van der Waals surface area contributed by atoms with E-state index in [9.17, 15) is 14.7 Å². The molecule has 35 heavy (non-hydrogen) atoms. The molecule has 8 nitrogen and oxygen atoms in total. The molecule has 1 atom stereocenters. The maximum Gasteiger partial charge on any atom is 0.295 e. The molecule has 8 heteroatoms. The van der Waals surface area contributed by atoms with Crippen molar-refractivity contribution in [1.82, 2.24) is 9.80 Å². The number of aliphatic hydroxyl groups excluding tert-OH is 1. The minimum atomic E-state index is -0.661. The van der Waals surface area contributed by atoms with Crippen molar-refractivity contribution in [3.05, 3.63) is 65.2 Å². The molecule has 2 aliphatic heterocycles. The number of hydrogen-bond acceptors (Lipinski definition) is 7. The van der Waals surface area contributed by atoms with Gasteiger partial charge in [-0.1, -0.05) is 12.1 Å². The second kappa shape index (κ2) is 10.9. The number of ether oxygens (including phenoxy) is 2. The third kappa shape index (κ3) is 5.33. The van der Waals surface area contributed by atoms with Crippen LogP contribution in [0.3, 0.4) is 0 Å². The van der Waals surface area contributed by atoms with Crippen LogP contribution in [0, 0.1) is 0 Å². The zero-order valence-electron chi connectivity index (χ0n) is 20.6. The third-order valence-corrected chi connectivity index (χ3v) is 6.61. The summed E-state index contributed by atoms with van der Waals surface area (Å²) in [5.41, 5.74) is 2.38. The van der Waals surface area contributed by atoms with Crippen LogP contribution >= 0.6 is 0 Å². The number of nitrogens with zero attached hydrogens (tertiary/aromatic N) is 3. The molecular weight excluding hydrogens is 446 g/mol. The predicted octanol–water partition coefficient (Wildman–Crippen LogP) is 2.91. The van der Waals surface area contributed by atoms with E-state index < -0.39 is 17.7 Å². The highest BCUT2D eigenvalue weighted by atomic mass is 16.5. The van der Waals surface area contributed by atoms with Gasteiger partial charge in [0.2, 0.25) is 0 Å². The van der Waals surface area contributed by atoms with Crippen molar-refractivity contribution >= 4 is 23.1 Å². The van der Waals surface area contributed by atoms with E-state index in [0.29, 0.717) is 31.1 Å². The Hall–Kier alpha value is -3.36. The van der Waals surface area contributed by atoms with Crippen molar-refractivity contribution in [3.8, 4) is 5.75 Å². The van der Waals surface area contributed by atoms with E-state index in [2.05, 4.69) is 4.90 Å². The molecule has 0 radical (unpaired) electrons. The van der Waals surface area contributed by atoms with E-state index in [1.54, 1.807) is 36.3 Å². The van der Waals surface area contributed by atoms with Crippen LogP contribution in [0.4, 0.5) is 5.69 Å². The van der Waals surface area contributed by atoms with Crippen LogP contribution in [0.1, 0.15) is 23.6 Å². The summed E-state index contributed by atoms with van der Waals surface area (Å²) >= 11 is 0. The maximum atomic E-state index is 13.2. The highest BCUT2D eigenvalue weighted by Gasteiger charge is 2.45. The van der Waals surface area contributed by atoms with Crippen LogP contribution in [0.2, 0.25) is 0 Å². The Morgan fingerprint density at radius 3 is 2.29 bits per heavy atom. The van der Waals surface area contributed by atoms with Gasteiger partial charge in [-0.3, -0.25) is 14.5 Å². The number of Topliss-reactive ketones (excluding diaryl/α,β-unsaturated/α-hetero) is 1. The average Bonchev–Trinajstić information content (AvgIpc) is 3.14. The van der Waals surface area contributed by atoms with Crippen molar-refractivity contribution in [1.29, 1.82) is 0 Å². The maximum absolute atomic E-state index is 13.2. The Bertz CT molecular complexity index is 1070. The molecule has 2 aliphatic rings. The quantitative estimate of drug-likeness (QED) is 0.354. The number of methoxy groups -OCH3 is 1. The molecule has 0 aliphatic carbocycles. The van der Waals surface area contributed by atoms with E-state index >= 15 is 0 Å². The van der Waals surface area contributed by atoms with Gasteiger partial charge in [0.15, 0.2) is 0 Å². The Labute approximate surface area is 206 Å². The lowest BCUT2D eigenvalue weighted by atomic mass is 9.95. The Balaban J connectivity index is 1.67. The summed E-state index contributed by atoms with van der Waals surface area (Å²) in [6.45, 7) is 4.39. The highest BCUT2D eigenvalue weighted by molar-refractivity contribution is 6.46. The number of likely N-dealkylation sites (tertiary alicyclic amines) is 1. The van der Waals surface area contributed by atoms with Crippen LogP contribution in [0.25, 0.3) is 5.76 Å². The lowest BCUT2D eigenvalue weighted by Gasteiger charge is -2.29. The van der Waals surface area contributed by atoms with Crippen molar-refractivity contribution in [2.45, 2.75) is 12.5 Å². The number of morpholine rings is 1. The van der Waals surface area contributed by atoms with Gasteiger partial charge in [-0.25, -0.2) is 0 Å². The first-order valence-corrected chi connectivity index (χ1v) is 11.9. The largest absolute Gasteiger partial charge is 0.507 e. The topological polar surface area (TPSA) is 82.5 Å². The van der Waals surface area contributed by atoms with E-state index in [0.717, 1.165) is 37.3 Å². The van der Waals surface area contributed by atoms with Gasteiger partial charge in [0.05, 0.1) is 31.9 Å². The number of benzene rings is 2. The van der Waals surface area contributed by atoms with Gasteiger partial charge in [-0.2, -0.15) is 0 Å². The number of hydrogen-bond donors (Lipinski definition) is 1. The van der Waals surface area contributed by atoms with E-state index in [-0.39, 0.29) is 11.3 Å². The zero-order valence-corrected chi connectivity index (χ0v) is 20.6. The Kier molecular flexibility index (Phi) is 7.73. The zero-order chi connectivity index (χ0) is 24.9. The molecule has 2 fully saturated rings. The summed E-state index contributed by atoms with van der Waals surface area (Å²) in [6, 6.07) is 13.9. The molecule has 1 amide bonds. The Morgan fingerprint density at radius 1 is 1.03 bits per heavy atom. The van der Waals surface area contributed by atoms with Gasteiger partial charge < -0.3 is 24.4 Å². The van der Waals surface area contributed by atoms with Crippen LogP contribution in [-0.2, 0) is 14.3 Å². The van der Waals surface area contributed by atoms with E-state index in [1.807, 2.05) is 43.3 Å². The van der Waals surface area contributed by atoms with Gasteiger partial charge in [-0.15, -0.1) is 0 Å². The number of amides is 1. The molecule has 2 aromatic rings. The highest BCUT2D eigenvalue weighted by Crippen LogP contribution is 2.40. The molecule has 0 spiro atoms. The SMILES string of the molecule is COc1ccc(/C(O)=C2\C(=O)C(=O)N(CCCN3CCOCC3)C2c2ccc(N(C)C)cc2)cc1. The third-order valence-electron chi connectivity index (χ3n) is 6.61. The summed E-state index contributed by atoms with van der Waals surface area (Å²) < 4.78 is 10.6. The molecule has 2 saturated heterocycles. The normalized spacial score (nSPS) is 20.3. The molecule has 0 aromatic heterocycles. The fourth-order valence-corrected chi connectivity index (χ4v) is 4.61. The number of carbonyl (C=O) groups is 2. The van der Waals surface area contributed by atoms with Gasteiger partial charge in [0.25, 0.3) is 11.7 Å². The molecular formula is C27H33N3O5. The summed E-state index contributed by atoms with van der Waals surface area (Å²) in [4.78, 5) is 32.3. The summed E-state index contributed by atoms with van der Waals surface area (Å²) in [5, 5.41) is 11.2. The summed E-state index contributed by atoms with van der Waals surface area (Å²) in [7, 11) is 5.47. The Morgan fingerprint density at radius 2 is 1.69 bits per heavy atom. The second-order valence-electron chi connectivity index (χ2n) is 9.01. The van der Waals surface area contributed by atoms with Gasteiger partial charge in [0, 0.05) is 51.5 Å². The number of rotatable bonds is 8. The molecule has 1 unspecified atom stereocenters. The van der Waals surface area contributed by atoms with Gasteiger partial charge in [-0.05, 0) is 48.4 Å². The van der Waals surface area contributed by atoms with Crippen LogP contribution < -0.4 is 9.64 Å². The first-order chi connectivity index (χ1) is 16.9. The monoisotopic (exact) mass is 479 g/mol. The van der Waals surface area contributed by atoms with Crippen molar-refractivity contribution in [2.24, 2.45) is 0 Å². The molecule has 2 heterocycles. The first-order valence-electron chi connectivity index (χ1n) is 11.9. The average molecular weight is 480 g/mol. The fourth-order valence-electron chi connectivity index (χ4n) is 4.61. The van der Waals surface area contributed by atoms with Gasteiger partial charge in [0.1, 0.15) is 11.5 Å². The lowest BCUT2D eigenvalue weighted by Crippen LogP contribution is -2.38. The van der Waals surface area contributed by atoms with Crippen LogP contribution in [-0.4, -0.2) is 87.2 Å². The van der Waals surface area contributed by atoms with E-state index in [4.69, 9.17) is 9.47 Å². The number of aliphatic hydroxyl groups is 1.